The van der Waals surface area contributed by atoms with Gasteiger partial charge in [-0.2, -0.15) is 0 Å². The molecular formula is C47H31NO. The van der Waals surface area contributed by atoms with Crippen molar-refractivity contribution in [2.75, 3.05) is 0 Å². The molecule has 0 aliphatic heterocycles. The molecule has 0 atom stereocenters. The molecule has 0 aliphatic carbocycles. The topological polar surface area (TPSA) is 18.1 Å². The van der Waals surface area contributed by atoms with Gasteiger partial charge in [0.1, 0.15) is 11.2 Å². The first-order valence-corrected chi connectivity index (χ1v) is 16.9. The standard InChI is InChI=1S/C47H31NO/c1-2-14-38(15-3-1)48-43-19-8-6-17-40(43)42-30-35(25-26-44(42)48)33-23-21-32(22-24-33)34-13-10-11-31(27-34)28-37-29-36-12-4-5-16-39(36)46-41-18-7-9-20-45(41)49-47(37)46/h1-27,29-30H,28H2. The Morgan fingerprint density at radius 3 is 1.92 bits per heavy atom. The zero-order chi connectivity index (χ0) is 32.3. The lowest BCUT2D eigenvalue weighted by atomic mass is 9.94. The maximum atomic E-state index is 6.51. The van der Waals surface area contributed by atoms with Crippen LogP contribution in [0.4, 0.5) is 0 Å². The summed E-state index contributed by atoms with van der Waals surface area (Å²) >= 11 is 0. The normalized spacial score (nSPS) is 11.8. The minimum atomic E-state index is 0.795. The number of fused-ring (bicyclic) bond motifs is 8. The highest BCUT2D eigenvalue weighted by Gasteiger charge is 2.16. The maximum absolute atomic E-state index is 6.51. The number of furan rings is 1. The maximum Gasteiger partial charge on any atom is 0.139 e. The number of benzene rings is 8. The van der Waals surface area contributed by atoms with Gasteiger partial charge in [0, 0.05) is 39.2 Å². The third kappa shape index (κ3) is 4.57. The van der Waals surface area contributed by atoms with E-state index in [2.05, 4.69) is 174 Å². The molecule has 2 heteroatoms. The Bertz CT molecular complexity index is 2840. The fourth-order valence-corrected chi connectivity index (χ4v) is 7.72. The molecule has 10 aromatic rings. The molecule has 0 unspecified atom stereocenters. The molecule has 49 heavy (non-hydrogen) atoms. The molecule has 0 spiro atoms. The van der Waals surface area contributed by atoms with Crippen LogP contribution in [0.1, 0.15) is 11.1 Å². The van der Waals surface area contributed by atoms with Crippen molar-refractivity contribution in [3.05, 3.63) is 187 Å². The number of hydrogen-bond donors (Lipinski definition) is 0. The van der Waals surface area contributed by atoms with E-state index >= 15 is 0 Å². The predicted molar refractivity (Wildman–Crippen MR) is 206 cm³/mol. The Labute approximate surface area is 284 Å². The monoisotopic (exact) mass is 625 g/mol. The van der Waals surface area contributed by atoms with Crippen molar-refractivity contribution in [2.24, 2.45) is 0 Å². The molecule has 8 aromatic carbocycles. The molecule has 0 aliphatic rings. The van der Waals surface area contributed by atoms with E-state index in [4.69, 9.17) is 4.42 Å². The van der Waals surface area contributed by atoms with Crippen molar-refractivity contribution in [2.45, 2.75) is 6.42 Å². The number of nitrogens with zero attached hydrogens (tertiary/aromatic N) is 1. The van der Waals surface area contributed by atoms with E-state index in [0.717, 1.165) is 17.6 Å². The second-order valence-electron chi connectivity index (χ2n) is 12.9. The van der Waals surface area contributed by atoms with Crippen molar-refractivity contribution < 1.29 is 4.42 Å². The second kappa shape index (κ2) is 11.1. The van der Waals surface area contributed by atoms with E-state index in [-0.39, 0.29) is 0 Å². The number of aromatic nitrogens is 1. The van der Waals surface area contributed by atoms with Gasteiger partial charge >= 0.3 is 0 Å². The van der Waals surface area contributed by atoms with Gasteiger partial charge in [-0.15, -0.1) is 0 Å². The average molecular weight is 626 g/mol. The van der Waals surface area contributed by atoms with E-state index in [9.17, 15) is 0 Å². The Hall–Kier alpha value is -6.38. The number of para-hydroxylation sites is 3. The summed E-state index contributed by atoms with van der Waals surface area (Å²) < 4.78 is 8.87. The first-order chi connectivity index (χ1) is 24.3. The summed E-state index contributed by atoms with van der Waals surface area (Å²) in [5.41, 5.74) is 12.9. The van der Waals surface area contributed by atoms with Crippen molar-refractivity contribution in [3.63, 3.8) is 0 Å². The van der Waals surface area contributed by atoms with Crippen LogP contribution in [-0.2, 0) is 6.42 Å². The highest BCUT2D eigenvalue weighted by molar-refractivity contribution is 6.19. The molecule has 0 bridgehead atoms. The lowest BCUT2D eigenvalue weighted by Crippen LogP contribution is -1.92. The summed E-state index contributed by atoms with van der Waals surface area (Å²) in [5.74, 6) is 0. The predicted octanol–water partition coefficient (Wildman–Crippen LogP) is 12.8. The first-order valence-electron chi connectivity index (χ1n) is 16.9. The van der Waals surface area contributed by atoms with Gasteiger partial charge in [0.15, 0.2) is 0 Å². The van der Waals surface area contributed by atoms with Gasteiger partial charge in [0.25, 0.3) is 0 Å². The number of hydrogen-bond acceptors (Lipinski definition) is 1. The molecule has 2 heterocycles. The summed E-state index contributed by atoms with van der Waals surface area (Å²) in [6.45, 7) is 0. The zero-order valence-electron chi connectivity index (χ0n) is 26.8. The van der Waals surface area contributed by atoms with Gasteiger partial charge in [-0.05, 0) is 81.1 Å². The van der Waals surface area contributed by atoms with Crippen LogP contribution >= 0.6 is 0 Å². The molecule has 230 valence electrons. The van der Waals surface area contributed by atoms with Crippen LogP contribution in [0.15, 0.2) is 180 Å². The highest BCUT2D eigenvalue weighted by atomic mass is 16.3. The van der Waals surface area contributed by atoms with Crippen LogP contribution in [0.25, 0.3) is 82.5 Å². The Morgan fingerprint density at radius 2 is 1.08 bits per heavy atom. The Kier molecular flexibility index (Phi) is 6.28. The fraction of sp³-hybridized carbons (Fsp3) is 0.0213. The first kappa shape index (κ1) is 27.7. The lowest BCUT2D eigenvalue weighted by Gasteiger charge is -2.10. The molecule has 0 amide bonds. The molecule has 0 N–H and O–H groups in total. The quantitative estimate of drug-likeness (QED) is 0.186. The lowest BCUT2D eigenvalue weighted by molar-refractivity contribution is 0.664. The van der Waals surface area contributed by atoms with E-state index in [1.165, 1.54) is 82.4 Å². The molecule has 2 aromatic heterocycles. The smallest absolute Gasteiger partial charge is 0.139 e. The summed E-state index contributed by atoms with van der Waals surface area (Å²) in [5, 5.41) is 7.39. The van der Waals surface area contributed by atoms with Gasteiger partial charge in [-0.3, -0.25) is 0 Å². The molecule has 10 rings (SSSR count). The van der Waals surface area contributed by atoms with Crippen LogP contribution in [0.5, 0.6) is 0 Å². The average Bonchev–Trinajstić information content (AvgIpc) is 3.72. The van der Waals surface area contributed by atoms with Crippen LogP contribution in [0.3, 0.4) is 0 Å². The largest absolute Gasteiger partial charge is 0.456 e. The Balaban J connectivity index is 0.997. The van der Waals surface area contributed by atoms with Crippen molar-refractivity contribution in [1.82, 2.24) is 4.57 Å². The molecule has 0 saturated heterocycles. The molecular weight excluding hydrogens is 595 g/mol. The van der Waals surface area contributed by atoms with Gasteiger partial charge in [-0.25, -0.2) is 0 Å². The van der Waals surface area contributed by atoms with E-state index in [0.29, 0.717) is 0 Å². The van der Waals surface area contributed by atoms with Gasteiger partial charge < -0.3 is 8.98 Å². The SMILES string of the molecule is c1ccc(-n2c3ccccc3c3cc(-c4ccc(-c5cccc(Cc6cc7ccccc7c7c6oc6ccccc67)c5)cc4)ccc32)cc1. The van der Waals surface area contributed by atoms with E-state index in [1.54, 1.807) is 0 Å². The minimum Gasteiger partial charge on any atom is -0.456 e. The van der Waals surface area contributed by atoms with E-state index in [1.807, 2.05) is 6.07 Å². The highest BCUT2D eigenvalue weighted by Crippen LogP contribution is 2.39. The van der Waals surface area contributed by atoms with Gasteiger partial charge in [0.05, 0.1) is 11.0 Å². The van der Waals surface area contributed by atoms with Crippen LogP contribution in [-0.4, -0.2) is 4.57 Å². The molecule has 0 fully saturated rings. The summed E-state index contributed by atoms with van der Waals surface area (Å²) in [6, 6.07) is 63.4. The zero-order valence-corrected chi connectivity index (χ0v) is 26.8. The fourth-order valence-electron chi connectivity index (χ4n) is 7.72. The van der Waals surface area contributed by atoms with Crippen LogP contribution in [0, 0.1) is 0 Å². The third-order valence-electron chi connectivity index (χ3n) is 10.0. The minimum absolute atomic E-state index is 0.795. The van der Waals surface area contributed by atoms with Gasteiger partial charge in [-0.1, -0.05) is 133 Å². The van der Waals surface area contributed by atoms with E-state index < -0.39 is 0 Å². The summed E-state index contributed by atoms with van der Waals surface area (Å²) in [7, 11) is 0. The second-order valence-corrected chi connectivity index (χ2v) is 12.9. The van der Waals surface area contributed by atoms with Crippen molar-refractivity contribution in [1.29, 1.82) is 0 Å². The van der Waals surface area contributed by atoms with Gasteiger partial charge in [0.2, 0.25) is 0 Å². The van der Waals surface area contributed by atoms with Crippen LogP contribution in [0.2, 0.25) is 0 Å². The number of rotatable bonds is 5. The molecule has 0 saturated carbocycles. The van der Waals surface area contributed by atoms with Crippen LogP contribution < -0.4 is 0 Å². The van der Waals surface area contributed by atoms with Crippen molar-refractivity contribution >= 4 is 54.5 Å². The summed E-state index contributed by atoms with van der Waals surface area (Å²) in [4.78, 5) is 0. The molecule has 2 nitrogen and oxygen atoms in total. The van der Waals surface area contributed by atoms with Crippen molar-refractivity contribution in [3.8, 4) is 27.9 Å². The third-order valence-corrected chi connectivity index (χ3v) is 10.0. The Morgan fingerprint density at radius 1 is 0.429 bits per heavy atom. The molecule has 0 radical (unpaired) electrons. The summed E-state index contributed by atoms with van der Waals surface area (Å²) in [6.07, 6.45) is 0.795.